The molecule has 0 aliphatic carbocycles. The molecule has 0 N–H and O–H groups in total. The van der Waals surface area contributed by atoms with Crippen LogP contribution in [0.4, 0.5) is 26.3 Å². The molecule has 0 aliphatic rings. The van der Waals surface area contributed by atoms with Gasteiger partial charge in [0.05, 0.1) is 11.1 Å². The number of benzene rings is 3. The van der Waals surface area contributed by atoms with Gasteiger partial charge < -0.3 is 4.74 Å². The number of halogens is 6. The number of rotatable bonds is 6. The van der Waals surface area contributed by atoms with Crippen molar-refractivity contribution >= 4 is 5.57 Å². The fourth-order valence-corrected chi connectivity index (χ4v) is 3.01. The quantitative estimate of drug-likeness (QED) is 0.355. The first-order valence-corrected chi connectivity index (χ1v) is 9.40. The van der Waals surface area contributed by atoms with Gasteiger partial charge in [-0.15, -0.1) is 0 Å². The van der Waals surface area contributed by atoms with Crippen molar-refractivity contribution in [2.45, 2.75) is 25.2 Å². The Balaban J connectivity index is 1.73. The zero-order valence-electron chi connectivity index (χ0n) is 16.2. The first-order valence-electron chi connectivity index (χ1n) is 9.40. The zero-order chi connectivity index (χ0) is 22.5. The van der Waals surface area contributed by atoms with Gasteiger partial charge in [-0.3, -0.25) is 0 Å². The van der Waals surface area contributed by atoms with Crippen LogP contribution in [0.1, 0.15) is 23.1 Å². The molecule has 0 bridgehead atoms. The second-order valence-corrected chi connectivity index (χ2v) is 6.79. The molecule has 3 rings (SSSR count). The van der Waals surface area contributed by atoms with Gasteiger partial charge in [0, 0.05) is 0 Å². The number of alkyl halides is 6. The van der Waals surface area contributed by atoms with Crippen LogP contribution >= 0.6 is 0 Å². The van der Waals surface area contributed by atoms with E-state index in [-0.39, 0.29) is 12.0 Å². The highest BCUT2D eigenvalue weighted by atomic mass is 19.4. The summed E-state index contributed by atoms with van der Waals surface area (Å²) in [5.74, 6) is 1.20. The van der Waals surface area contributed by atoms with Gasteiger partial charge in [0.2, 0.25) is 0 Å². The average Bonchev–Trinajstić information content (AvgIpc) is 2.71. The number of para-hydroxylation sites is 1. The van der Waals surface area contributed by atoms with Gasteiger partial charge in [-0.1, -0.05) is 48.5 Å². The van der Waals surface area contributed by atoms with Crippen LogP contribution in [0.25, 0.3) is 5.57 Å². The van der Waals surface area contributed by atoms with Crippen LogP contribution in [0, 0.1) is 0 Å². The first-order chi connectivity index (χ1) is 14.6. The molecule has 0 saturated carbocycles. The molecule has 0 amide bonds. The van der Waals surface area contributed by atoms with Crippen LogP contribution in [0.15, 0.2) is 84.9 Å². The van der Waals surface area contributed by atoms with Crippen LogP contribution in [0.2, 0.25) is 0 Å². The lowest BCUT2D eigenvalue weighted by molar-refractivity contribution is -0.137. The Labute approximate surface area is 175 Å². The molecular weight excluding hydrogens is 418 g/mol. The number of hydrogen-bond donors (Lipinski definition) is 0. The van der Waals surface area contributed by atoms with Gasteiger partial charge >= 0.3 is 12.4 Å². The number of allylic oxidation sites excluding steroid dienone is 2. The predicted octanol–water partition coefficient (Wildman–Crippen LogP) is 8.08. The molecule has 0 unspecified atom stereocenters. The molecule has 0 fully saturated rings. The number of hydrogen-bond acceptors (Lipinski definition) is 1. The summed E-state index contributed by atoms with van der Waals surface area (Å²) in [4.78, 5) is 0. The highest BCUT2D eigenvalue weighted by Gasteiger charge is 2.35. The normalized spacial score (nSPS) is 12.6. The van der Waals surface area contributed by atoms with Gasteiger partial charge in [0.25, 0.3) is 0 Å². The Hall–Kier alpha value is -3.22. The van der Waals surface area contributed by atoms with E-state index in [4.69, 9.17) is 4.74 Å². The summed E-state index contributed by atoms with van der Waals surface area (Å²) in [5.41, 5.74) is -1.48. The van der Waals surface area contributed by atoms with Crippen molar-refractivity contribution in [3.05, 3.63) is 102 Å². The Bertz CT molecular complexity index is 1020. The van der Waals surface area contributed by atoms with Gasteiger partial charge in [0.1, 0.15) is 11.5 Å². The predicted molar refractivity (Wildman–Crippen MR) is 107 cm³/mol. The average molecular weight is 436 g/mol. The van der Waals surface area contributed by atoms with E-state index in [1.165, 1.54) is 0 Å². The Morgan fingerprint density at radius 1 is 0.742 bits per heavy atom. The number of aryl methyl sites for hydroxylation is 1. The van der Waals surface area contributed by atoms with E-state index in [0.717, 1.165) is 23.8 Å². The molecule has 3 aromatic rings. The van der Waals surface area contributed by atoms with Crippen molar-refractivity contribution in [1.29, 1.82) is 0 Å². The van der Waals surface area contributed by atoms with E-state index in [1.807, 2.05) is 18.2 Å². The second-order valence-electron chi connectivity index (χ2n) is 6.79. The van der Waals surface area contributed by atoms with Crippen LogP contribution in [0.3, 0.4) is 0 Å². The van der Waals surface area contributed by atoms with Crippen molar-refractivity contribution in [3.8, 4) is 11.5 Å². The van der Waals surface area contributed by atoms with E-state index in [1.54, 1.807) is 36.4 Å². The molecular formula is C24H18F6O. The Kier molecular flexibility index (Phi) is 6.73. The van der Waals surface area contributed by atoms with Crippen molar-refractivity contribution in [1.82, 2.24) is 0 Å². The standard InChI is InChI=1S/C24H18F6O/c25-23(26,27)19-14-12-18(13-15-19)22(24(28,29)30)11-5-7-17-6-4-10-21(16-17)31-20-8-2-1-3-9-20/h1-4,6,8-16H,5,7H2/b22-11+. The van der Waals surface area contributed by atoms with Crippen molar-refractivity contribution in [2.75, 3.05) is 0 Å². The lowest BCUT2D eigenvalue weighted by Crippen LogP contribution is -2.11. The molecule has 1 nitrogen and oxygen atoms in total. The van der Waals surface area contributed by atoms with Crippen LogP contribution in [0.5, 0.6) is 11.5 Å². The molecule has 0 radical (unpaired) electrons. The minimum absolute atomic E-state index is 0.0602. The third-order valence-corrected chi connectivity index (χ3v) is 4.49. The third kappa shape index (κ3) is 6.38. The fourth-order valence-electron chi connectivity index (χ4n) is 3.01. The van der Waals surface area contributed by atoms with E-state index >= 15 is 0 Å². The third-order valence-electron chi connectivity index (χ3n) is 4.49. The first kappa shape index (κ1) is 22.5. The van der Waals surface area contributed by atoms with Gasteiger partial charge in [-0.25, -0.2) is 0 Å². The van der Waals surface area contributed by atoms with E-state index in [0.29, 0.717) is 30.1 Å². The van der Waals surface area contributed by atoms with Gasteiger partial charge in [-0.05, 0) is 60.4 Å². The van der Waals surface area contributed by atoms with Crippen LogP contribution in [-0.2, 0) is 12.6 Å². The summed E-state index contributed by atoms with van der Waals surface area (Å²) in [6.45, 7) is 0. The molecule has 162 valence electrons. The second kappa shape index (κ2) is 9.29. The minimum atomic E-state index is -4.68. The van der Waals surface area contributed by atoms with E-state index < -0.39 is 23.5 Å². The summed E-state index contributed by atoms with van der Waals surface area (Å²) < 4.78 is 84.1. The summed E-state index contributed by atoms with van der Waals surface area (Å²) in [6, 6.07) is 19.1. The smallest absolute Gasteiger partial charge is 0.416 e. The molecule has 0 atom stereocenters. The monoisotopic (exact) mass is 436 g/mol. The largest absolute Gasteiger partial charge is 0.457 e. The summed E-state index contributed by atoms with van der Waals surface area (Å²) in [7, 11) is 0. The Morgan fingerprint density at radius 2 is 1.39 bits per heavy atom. The molecule has 0 saturated heterocycles. The van der Waals surface area contributed by atoms with E-state index in [9.17, 15) is 26.3 Å². The maximum atomic E-state index is 13.5. The SMILES string of the molecule is FC(F)(F)/C(=C/CCc1cccc(Oc2ccccc2)c1)c1ccc(C(F)(F)F)cc1. The van der Waals surface area contributed by atoms with Gasteiger partial charge in [0.15, 0.2) is 0 Å². The van der Waals surface area contributed by atoms with Crippen molar-refractivity contribution in [2.24, 2.45) is 0 Å². The molecule has 0 aliphatic heterocycles. The van der Waals surface area contributed by atoms with Crippen molar-refractivity contribution in [3.63, 3.8) is 0 Å². The molecule has 3 aromatic carbocycles. The maximum Gasteiger partial charge on any atom is 0.416 e. The Morgan fingerprint density at radius 3 is 2.00 bits per heavy atom. The molecule has 0 heterocycles. The topological polar surface area (TPSA) is 9.23 Å². The van der Waals surface area contributed by atoms with E-state index in [2.05, 4.69) is 0 Å². The summed E-state index contributed by atoms with van der Waals surface area (Å²) >= 11 is 0. The minimum Gasteiger partial charge on any atom is -0.457 e. The lowest BCUT2D eigenvalue weighted by Gasteiger charge is -2.14. The lowest BCUT2D eigenvalue weighted by atomic mass is 10.0. The fraction of sp³-hybridized carbons (Fsp3) is 0.167. The van der Waals surface area contributed by atoms with Crippen molar-refractivity contribution < 1.29 is 31.1 Å². The maximum absolute atomic E-state index is 13.5. The van der Waals surface area contributed by atoms with Crippen LogP contribution < -0.4 is 4.74 Å². The summed E-state index contributed by atoms with van der Waals surface area (Å²) in [6.07, 6.45) is -7.91. The highest BCUT2D eigenvalue weighted by Crippen LogP contribution is 2.36. The molecule has 0 spiro atoms. The zero-order valence-corrected chi connectivity index (χ0v) is 16.2. The van der Waals surface area contributed by atoms with Gasteiger partial charge in [-0.2, -0.15) is 26.3 Å². The summed E-state index contributed by atoms with van der Waals surface area (Å²) in [5, 5.41) is 0. The highest BCUT2D eigenvalue weighted by molar-refractivity contribution is 5.69. The molecule has 7 heteroatoms. The molecule has 0 aromatic heterocycles. The number of ether oxygens (including phenoxy) is 1. The van der Waals surface area contributed by atoms with Crippen LogP contribution in [-0.4, -0.2) is 6.18 Å². The molecule has 31 heavy (non-hydrogen) atoms.